The number of para-hydroxylation sites is 4. The summed E-state index contributed by atoms with van der Waals surface area (Å²) in [5.41, 5.74) is 8.17. The molecule has 3 heterocycles. The molecule has 0 saturated heterocycles. The Labute approximate surface area is 300 Å². The fraction of sp³-hybridized carbons (Fsp3) is 0.0889. The average molecular weight is 683 g/mol. The number of hydrogen-bond acceptors (Lipinski definition) is 2. The number of nitrogens with one attached hydrogen (secondary N) is 1. The molecule has 0 spiro atoms. The van der Waals surface area contributed by atoms with Gasteiger partial charge in [-0.2, -0.15) is 0 Å². The Balaban J connectivity index is 1.25. The SMILES string of the molecule is CC(C)(C)c1ccnc(-n2c3ccccc3c3ccc(Oc4ccc5c(c4)[nH]c4c(Cl)cccc4c4ccccc4n5-c4ccccc4)cc32)c1. The highest BCUT2D eigenvalue weighted by atomic mass is 35.5. The van der Waals surface area contributed by atoms with Crippen LogP contribution in [-0.4, -0.2) is 19.1 Å². The van der Waals surface area contributed by atoms with Crippen LogP contribution in [0.15, 0.2) is 152 Å². The first-order valence-electron chi connectivity index (χ1n) is 17.2. The van der Waals surface area contributed by atoms with Crippen molar-refractivity contribution in [2.24, 2.45) is 0 Å². The maximum atomic E-state index is 6.90. The van der Waals surface area contributed by atoms with Crippen molar-refractivity contribution in [3.63, 3.8) is 0 Å². The summed E-state index contributed by atoms with van der Waals surface area (Å²) in [5, 5.41) is 5.07. The van der Waals surface area contributed by atoms with Crippen LogP contribution in [0.3, 0.4) is 0 Å². The molecule has 248 valence electrons. The highest BCUT2D eigenvalue weighted by molar-refractivity contribution is 6.35. The fourth-order valence-corrected chi connectivity index (χ4v) is 7.39. The van der Waals surface area contributed by atoms with Crippen LogP contribution in [0.5, 0.6) is 11.5 Å². The summed E-state index contributed by atoms with van der Waals surface area (Å²) < 4.78 is 11.2. The summed E-state index contributed by atoms with van der Waals surface area (Å²) in [6.07, 6.45) is 1.91. The van der Waals surface area contributed by atoms with Gasteiger partial charge in [0, 0.05) is 45.6 Å². The Bertz CT molecular complexity index is 2840. The quantitative estimate of drug-likeness (QED) is 0.201. The Hall–Kier alpha value is -6.04. The molecule has 0 aliphatic carbocycles. The van der Waals surface area contributed by atoms with Crippen molar-refractivity contribution in [2.45, 2.75) is 26.2 Å². The van der Waals surface area contributed by atoms with E-state index in [4.69, 9.17) is 21.3 Å². The molecule has 51 heavy (non-hydrogen) atoms. The second kappa shape index (κ2) is 12.1. The number of ether oxygens (including phenoxy) is 1. The van der Waals surface area contributed by atoms with Gasteiger partial charge in [-0.15, -0.1) is 0 Å². The third kappa shape index (κ3) is 5.38. The first kappa shape index (κ1) is 31.0. The molecule has 0 fully saturated rings. The standard InChI is InChI=1S/C45H35ClN4O/c1-45(2,3)29-24-25-47-43(26-29)50-40-19-10-7-14-33(40)35-22-20-32(28-42(35)50)51-31-21-23-41-38(27-31)48-44-36(16-11-17-37(44)46)34-15-8-9-18-39(34)49(41)30-12-5-4-6-13-30/h4-28,48H,1-3H3. The topological polar surface area (TPSA) is 47.8 Å². The van der Waals surface area contributed by atoms with Crippen molar-refractivity contribution < 1.29 is 4.74 Å². The minimum absolute atomic E-state index is 0.00792. The van der Waals surface area contributed by atoms with Crippen molar-refractivity contribution in [1.82, 2.24) is 19.1 Å². The number of benzene rings is 6. The highest BCUT2D eigenvalue weighted by Gasteiger charge is 2.18. The molecule has 0 aliphatic rings. The summed E-state index contributed by atoms with van der Waals surface area (Å²) in [6, 6.07) is 50.2. The monoisotopic (exact) mass is 682 g/mol. The van der Waals surface area contributed by atoms with E-state index in [2.05, 4.69) is 150 Å². The predicted molar refractivity (Wildman–Crippen MR) is 213 cm³/mol. The average Bonchev–Trinajstić information content (AvgIpc) is 3.47. The van der Waals surface area contributed by atoms with Gasteiger partial charge in [-0.3, -0.25) is 4.57 Å². The molecule has 0 saturated carbocycles. The highest BCUT2D eigenvalue weighted by Crippen LogP contribution is 2.37. The fourth-order valence-electron chi connectivity index (χ4n) is 7.17. The van der Waals surface area contributed by atoms with Crippen LogP contribution < -0.4 is 4.74 Å². The van der Waals surface area contributed by atoms with Crippen LogP contribution in [0.2, 0.25) is 5.02 Å². The Morgan fingerprint density at radius 2 is 1.22 bits per heavy atom. The molecule has 6 heteroatoms. The van der Waals surface area contributed by atoms with Crippen LogP contribution in [0.4, 0.5) is 0 Å². The number of nitrogens with zero attached hydrogens (tertiary/aromatic N) is 3. The summed E-state index contributed by atoms with van der Waals surface area (Å²) in [5.74, 6) is 2.31. The van der Waals surface area contributed by atoms with E-state index in [1.165, 1.54) is 10.9 Å². The van der Waals surface area contributed by atoms with E-state index in [9.17, 15) is 0 Å². The molecule has 0 radical (unpaired) electrons. The number of pyridine rings is 1. The van der Waals surface area contributed by atoms with Crippen LogP contribution in [0.25, 0.3) is 66.2 Å². The molecule has 1 N–H and O–H groups in total. The molecule has 0 unspecified atom stereocenters. The van der Waals surface area contributed by atoms with E-state index in [0.29, 0.717) is 10.8 Å². The van der Waals surface area contributed by atoms with E-state index >= 15 is 0 Å². The van der Waals surface area contributed by atoms with Gasteiger partial charge in [0.15, 0.2) is 0 Å². The largest absolute Gasteiger partial charge is 0.457 e. The number of fused-ring (bicyclic) bond motifs is 7. The molecular weight excluding hydrogens is 648 g/mol. The van der Waals surface area contributed by atoms with E-state index in [-0.39, 0.29) is 5.41 Å². The molecule has 9 aromatic rings. The number of halogens is 1. The summed E-state index contributed by atoms with van der Waals surface area (Å²) in [6.45, 7) is 6.68. The predicted octanol–water partition coefficient (Wildman–Crippen LogP) is 12.6. The lowest BCUT2D eigenvalue weighted by Gasteiger charge is -2.20. The zero-order valence-electron chi connectivity index (χ0n) is 28.6. The van der Waals surface area contributed by atoms with Gasteiger partial charge >= 0.3 is 0 Å². The summed E-state index contributed by atoms with van der Waals surface area (Å²) in [7, 11) is 0. The molecule has 3 aromatic heterocycles. The number of aromatic nitrogens is 4. The lowest BCUT2D eigenvalue weighted by atomic mass is 9.88. The van der Waals surface area contributed by atoms with E-state index in [1.807, 2.05) is 36.5 Å². The molecule has 6 aromatic carbocycles. The first-order chi connectivity index (χ1) is 24.8. The molecular formula is C45H35ClN4O. The van der Waals surface area contributed by atoms with Crippen LogP contribution in [0.1, 0.15) is 26.3 Å². The van der Waals surface area contributed by atoms with Crippen molar-refractivity contribution in [2.75, 3.05) is 0 Å². The third-order valence-corrected chi connectivity index (χ3v) is 9.97. The summed E-state index contributed by atoms with van der Waals surface area (Å²) >= 11 is 6.90. The molecule has 0 atom stereocenters. The maximum Gasteiger partial charge on any atom is 0.137 e. The molecule has 0 bridgehead atoms. The van der Waals surface area contributed by atoms with Gasteiger partial charge in [-0.25, -0.2) is 4.98 Å². The number of aromatic amines is 1. The Kier molecular flexibility index (Phi) is 7.34. The van der Waals surface area contributed by atoms with Gasteiger partial charge in [0.2, 0.25) is 0 Å². The minimum atomic E-state index is -0.00792. The number of rotatable bonds is 4. The Morgan fingerprint density at radius 1 is 0.569 bits per heavy atom. The number of H-pyrrole nitrogens is 1. The maximum absolute atomic E-state index is 6.90. The van der Waals surface area contributed by atoms with Crippen molar-refractivity contribution in [1.29, 1.82) is 0 Å². The molecule has 0 aliphatic heterocycles. The zero-order chi connectivity index (χ0) is 34.7. The number of hydrogen-bond donors (Lipinski definition) is 1. The first-order valence-corrected chi connectivity index (χ1v) is 17.5. The van der Waals surface area contributed by atoms with Crippen molar-refractivity contribution in [3.8, 4) is 23.0 Å². The smallest absolute Gasteiger partial charge is 0.137 e. The van der Waals surface area contributed by atoms with Gasteiger partial charge in [0.05, 0.1) is 38.1 Å². The zero-order valence-corrected chi connectivity index (χ0v) is 29.3. The lowest BCUT2D eigenvalue weighted by molar-refractivity contribution is 0.484. The van der Waals surface area contributed by atoms with E-state index in [0.717, 1.165) is 66.5 Å². The van der Waals surface area contributed by atoms with Gasteiger partial charge < -0.3 is 14.3 Å². The van der Waals surface area contributed by atoms with Crippen molar-refractivity contribution in [3.05, 3.63) is 162 Å². The normalized spacial score (nSPS) is 11.9. The van der Waals surface area contributed by atoms with Gasteiger partial charge in [-0.05, 0) is 77.7 Å². The van der Waals surface area contributed by atoms with Crippen LogP contribution in [0, 0.1) is 0 Å². The van der Waals surface area contributed by atoms with E-state index < -0.39 is 0 Å². The minimum Gasteiger partial charge on any atom is -0.457 e. The van der Waals surface area contributed by atoms with Crippen LogP contribution in [-0.2, 0) is 5.41 Å². The van der Waals surface area contributed by atoms with Crippen LogP contribution >= 0.6 is 11.6 Å². The van der Waals surface area contributed by atoms with E-state index in [1.54, 1.807) is 0 Å². The molecule has 9 rings (SSSR count). The van der Waals surface area contributed by atoms with Crippen molar-refractivity contribution >= 4 is 66.2 Å². The van der Waals surface area contributed by atoms with Gasteiger partial charge in [-0.1, -0.05) is 99.1 Å². The second-order valence-corrected chi connectivity index (χ2v) is 14.3. The van der Waals surface area contributed by atoms with Gasteiger partial charge in [0.1, 0.15) is 17.3 Å². The Morgan fingerprint density at radius 3 is 2.00 bits per heavy atom. The summed E-state index contributed by atoms with van der Waals surface area (Å²) in [4.78, 5) is 8.55. The molecule has 5 nitrogen and oxygen atoms in total. The molecule has 0 amide bonds. The lowest BCUT2D eigenvalue weighted by Crippen LogP contribution is -2.12. The van der Waals surface area contributed by atoms with Gasteiger partial charge in [0.25, 0.3) is 0 Å². The third-order valence-electron chi connectivity index (χ3n) is 9.65. The second-order valence-electron chi connectivity index (χ2n) is 13.9.